The summed E-state index contributed by atoms with van der Waals surface area (Å²) in [5.41, 5.74) is 10.6. The summed E-state index contributed by atoms with van der Waals surface area (Å²) in [6, 6.07) is 12.0. The number of carbonyl (C=O) groups excluding carboxylic acids is 2. The molecule has 1 saturated heterocycles. The summed E-state index contributed by atoms with van der Waals surface area (Å²) in [6.07, 6.45) is 0.195. The lowest BCUT2D eigenvalue weighted by Gasteiger charge is -2.36. The molecule has 0 radical (unpaired) electrons. The number of benzene rings is 2. The zero-order valence-corrected chi connectivity index (χ0v) is 30.8. The molecule has 1 atom stereocenters. The Bertz CT molecular complexity index is 2060. The first-order chi connectivity index (χ1) is 24.0. The molecule has 6 rings (SSSR count). The van der Waals surface area contributed by atoms with Gasteiger partial charge in [0, 0.05) is 71.4 Å². The highest BCUT2D eigenvalue weighted by atomic mass is 35.5. The van der Waals surface area contributed by atoms with Gasteiger partial charge in [0.2, 0.25) is 11.8 Å². The summed E-state index contributed by atoms with van der Waals surface area (Å²) in [4.78, 5) is 48.2. The molecule has 1 fully saturated rings. The normalized spacial score (nSPS) is 15.0. The summed E-state index contributed by atoms with van der Waals surface area (Å²) in [7, 11) is 0. The molecule has 2 aliphatic heterocycles. The van der Waals surface area contributed by atoms with Gasteiger partial charge in [0.1, 0.15) is 16.9 Å². The predicted octanol–water partition coefficient (Wildman–Crippen LogP) is 4.47. The number of aromatic carboxylic acids is 1. The Labute approximate surface area is 311 Å². The van der Waals surface area contributed by atoms with Crippen molar-refractivity contribution in [3.63, 3.8) is 0 Å². The van der Waals surface area contributed by atoms with Crippen LogP contribution in [0.2, 0.25) is 5.02 Å². The number of hydrogen-bond acceptors (Lipinski definition) is 9. The number of fused-ring (bicyclic) bond motifs is 3. The van der Waals surface area contributed by atoms with E-state index in [4.69, 9.17) is 22.3 Å². The predicted molar refractivity (Wildman–Crippen MR) is 201 cm³/mol. The number of nitrogens with one attached hydrogen (secondary N) is 1. The number of carboxylic acid groups (broad SMARTS) is 1. The van der Waals surface area contributed by atoms with E-state index in [1.165, 1.54) is 0 Å². The van der Waals surface area contributed by atoms with Gasteiger partial charge in [-0.2, -0.15) is 0 Å². The van der Waals surface area contributed by atoms with Crippen molar-refractivity contribution in [2.75, 3.05) is 44.2 Å². The van der Waals surface area contributed by atoms with Crippen LogP contribution < -0.4 is 16.0 Å². The lowest BCUT2D eigenvalue weighted by molar-refractivity contribution is -0.131. The number of carbonyl (C=O) groups is 3. The molecular formula is C36H38Cl2N8O4S. The highest BCUT2D eigenvalue weighted by Crippen LogP contribution is 2.39. The number of thiophene rings is 1. The van der Waals surface area contributed by atoms with Gasteiger partial charge in [0.05, 0.1) is 24.2 Å². The van der Waals surface area contributed by atoms with Gasteiger partial charge in [-0.25, -0.2) is 4.79 Å². The first-order valence-electron chi connectivity index (χ1n) is 16.3. The molecule has 2 aromatic heterocycles. The molecule has 4 heterocycles. The summed E-state index contributed by atoms with van der Waals surface area (Å²) in [5.74, 6) is 5.53. The van der Waals surface area contributed by atoms with Crippen LogP contribution in [0, 0.1) is 32.6 Å². The molecule has 0 bridgehead atoms. The number of halogens is 2. The standard InChI is InChI=1S/C36H37ClN8O4S.ClH/c1-21-22(2)50-35-32(21)33(24-6-8-26(37)9-7-24)40-29(34-42-41-23(3)45(34)35)20-30(46)39-14-12-31(47)44-17-15-43(16-18-44)27-10-11-28(36(48)49)25(19-27)5-4-13-38;/h6-11,19,29H,12-18,20,38H2,1-3H3,(H,39,46)(H,48,49);1H/t29-;/m0./s1. The molecule has 4 N–H and O–H groups in total. The van der Waals surface area contributed by atoms with E-state index in [1.54, 1.807) is 34.4 Å². The topological polar surface area (TPSA) is 159 Å². The lowest BCUT2D eigenvalue weighted by atomic mass is 9.99. The number of carboxylic acids is 1. The fraction of sp³-hybridized carbons (Fsp3) is 0.333. The fourth-order valence-corrected chi connectivity index (χ4v) is 7.57. The molecule has 51 heavy (non-hydrogen) atoms. The quantitative estimate of drug-likeness (QED) is 0.223. The van der Waals surface area contributed by atoms with Gasteiger partial charge >= 0.3 is 5.97 Å². The van der Waals surface area contributed by atoms with E-state index in [0.717, 1.165) is 38.0 Å². The van der Waals surface area contributed by atoms with E-state index in [-0.39, 0.29) is 55.7 Å². The Kier molecular flexibility index (Phi) is 11.8. The summed E-state index contributed by atoms with van der Waals surface area (Å²) >= 11 is 7.86. The number of nitrogens with zero attached hydrogens (tertiary/aromatic N) is 6. The van der Waals surface area contributed by atoms with Crippen molar-refractivity contribution in [2.24, 2.45) is 10.7 Å². The Morgan fingerprint density at radius 2 is 1.78 bits per heavy atom. The third kappa shape index (κ3) is 7.94. The summed E-state index contributed by atoms with van der Waals surface area (Å²) in [5, 5.41) is 22.8. The maximum Gasteiger partial charge on any atom is 0.336 e. The smallest absolute Gasteiger partial charge is 0.336 e. The largest absolute Gasteiger partial charge is 0.478 e. The molecule has 0 aliphatic carbocycles. The Hall–Kier alpha value is -4.74. The van der Waals surface area contributed by atoms with Crippen LogP contribution in [0.15, 0.2) is 47.5 Å². The maximum atomic E-state index is 13.3. The van der Waals surface area contributed by atoms with Gasteiger partial charge < -0.3 is 26.0 Å². The minimum absolute atomic E-state index is 0. The second-order valence-corrected chi connectivity index (χ2v) is 13.8. The lowest BCUT2D eigenvalue weighted by Crippen LogP contribution is -2.49. The van der Waals surface area contributed by atoms with E-state index in [2.05, 4.69) is 46.1 Å². The van der Waals surface area contributed by atoms with Crippen molar-refractivity contribution < 1.29 is 19.5 Å². The second kappa shape index (κ2) is 16.1. The van der Waals surface area contributed by atoms with E-state index in [9.17, 15) is 19.5 Å². The van der Waals surface area contributed by atoms with Crippen molar-refractivity contribution >= 4 is 64.5 Å². The molecule has 2 aromatic carbocycles. The van der Waals surface area contributed by atoms with Gasteiger partial charge in [0.25, 0.3) is 0 Å². The number of piperazine rings is 1. The van der Waals surface area contributed by atoms with E-state index in [1.807, 2.05) is 35.8 Å². The number of nitrogens with two attached hydrogens (primary N) is 1. The first-order valence-corrected chi connectivity index (χ1v) is 17.5. The summed E-state index contributed by atoms with van der Waals surface area (Å²) < 4.78 is 2.00. The highest BCUT2D eigenvalue weighted by Gasteiger charge is 2.32. The molecule has 0 saturated carbocycles. The minimum Gasteiger partial charge on any atom is -0.478 e. The number of rotatable bonds is 8. The molecule has 2 amide bonds. The van der Waals surface area contributed by atoms with Gasteiger partial charge in [-0.3, -0.25) is 19.1 Å². The molecular weight excluding hydrogens is 711 g/mol. The van der Waals surface area contributed by atoms with E-state index < -0.39 is 12.0 Å². The highest BCUT2D eigenvalue weighted by molar-refractivity contribution is 7.15. The average Bonchev–Trinajstić information content (AvgIpc) is 3.59. The van der Waals surface area contributed by atoms with Crippen molar-refractivity contribution in [2.45, 2.75) is 39.7 Å². The van der Waals surface area contributed by atoms with Crippen LogP contribution in [0.1, 0.15) is 68.0 Å². The van der Waals surface area contributed by atoms with Gasteiger partial charge in [0.15, 0.2) is 5.82 Å². The van der Waals surface area contributed by atoms with Crippen molar-refractivity contribution in [3.05, 3.63) is 91.8 Å². The van der Waals surface area contributed by atoms with Crippen LogP contribution in [0.5, 0.6) is 0 Å². The number of aromatic nitrogens is 3. The molecule has 0 unspecified atom stereocenters. The number of anilines is 1. The second-order valence-electron chi connectivity index (χ2n) is 12.1. The zero-order chi connectivity index (χ0) is 35.5. The SMILES string of the molecule is Cc1sc2c(c1C)C(c1ccc(Cl)cc1)=N[C@@H](CC(=O)NCCC(=O)N1CCN(c3ccc(C(=O)O)c(C#CCN)c3)CC1)c1nnc(C)n1-2.Cl. The van der Waals surface area contributed by atoms with Crippen LogP contribution in [0.3, 0.4) is 0 Å². The van der Waals surface area contributed by atoms with Gasteiger partial charge in [-0.05, 0) is 56.7 Å². The first kappa shape index (κ1) is 37.5. The maximum absolute atomic E-state index is 13.3. The number of aliphatic imine (C=N–C) groups is 1. The minimum atomic E-state index is -1.05. The van der Waals surface area contributed by atoms with E-state index >= 15 is 0 Å². The third-order valence-corrected chi connectivity index (χ3v) is 10.4. The van der Waals surface area contributed by atoms with E-state index in [0.29, 0.717) is 48.4 Å². The molecule has 12 nitrogen and oxygen atoms in total. The number of hydrogen-bond donors (Lipinski definition) is 3. The Morgan fingerprint density at radius 3 is 2.47 bits per heavy atom. The van der Waals surface area contributed by atoms with Gasteiger partial charge in [-0.1, -0.05) is 35.6 Å². The van der Waals surface area contributed by atoms with Crippen molar-refractivity contribution in [1.82, 2.24) is 25.0 Å². The van der Waals surface area contributed by atoms with Crippen LogP contribution >= 0.6 is 35.3 Å². The molecule has 15 heteroatoms. The number of aryl methyl sites for hydroxylation is 2. The zero-order valence-electron chi connectivity index (χ0n) is 28.4. The van der Waals surface area contributed by atoms with Crippen LogP contribution in [0.25, 0.3) is 5.00 Å². The molecule has 0 spiro atoms. The molecule has 266 valence electrons. The number of amides is 2. The third-order valence-electron chi connectivity index (χ3n) is 8.95. The van der Waals surface area contributed by atoms with Crippen LogP contribution in [-0.4, -0.2) is 87.5 Å². The van der Waals surface area contributed by atoms with Crippen LogP contribution in [-0.2, 0) is 9.59 Å². The van der Waals surface area contributed by atoms with Gasteiger partial charge in [-0.15, -0.1) is 33.9 Å². The van der Waals surface area contributed by atoms with Crippen molar-refractivity contribution in [1.29, 1.82) is 0 Å². The average molecular weight is 750 g/mol. The molecule has 2 aliphatic rings. The molecule has 4 aromatic rings. The monoisotopic (exact) mass is 748 g/mol. The Balaban J connectivity index is 0.00000504. The van der Waals surface area contributed by atoms with Crippen LogP contribution in [0.4, 0.5) is 5.69 Å². The fourth-order valence-electron chi connectivity index (χ4n) is 6.23. The Morgan fingerprint density at radius 1 is 1.06 bits per heavy atom. The van der Waals surface area contributed by atoms with Crippen molar-refractivity contribution in [3.8, 4) is 16.8 Å². The summed E-state index contributed by atoms with van der Waals surface area (Å²) in [6.45, 7) is 8.52.